The molecule has 1 amide bonds. The first kappa shape index (κ1) is 16.6. The number of hydrogen-bond donors (Lipinski definition) is 0. The lowest BCUT2D eigenvalue weighted by Gasteiger charge is -2.22. The molecule has 0 radical (unpaired) electrons. The second kappa shape index (κ2) is 7.19. The lowest BCUT2D eigenvalue weighted by Crippen LogP contribution is -2.34. The number of carbonyl (C=O) groups is 1. The number of nitrogens with zero attached hydrogens (tertiary/aromatic N) is 2. The smallest absolute Gasteiger partial charge is 0.227 e. The number of rotatable bonds is 4. The van der Waals surface area contributed by atoms with E-state index in [4.69, 9.17) is 11.6 Å². The molecule has 0 spiro atoms. The van der Waals surface area contributed by atoms with Gasteiger partial charge in [0.25, 0.3) is 0 Å². The second-order valence-electron chi connectivity index (χ2n) is 7.30. The van der Waals surface area contributed by atoms with Gasteiger partial charge >= 0.3 is 0 Å². The first-order chi connectivity index (χ1) is 12.2. The van der Waals surface area contributed by atoms with E-state index >= 15 is 0 Å². The maximum atomic E-state index is 12.6. The largest absolute Gasteiger partial charge is 0.342 e. The van der Waals surface area contributed by atoms with Gasteiger partial charge in [-0.05, 0) is 35.1 Å². The molecule has 2 aromatic carbocycles. The van der Waals surface area contributed by atoms with Crippen molar-refractivity contribution in [2.45, 2.75) is 13.0 Å². The van der Waals surface area contributed by atoms with Crippen LogP contribution in [0.15, 0.2) is 54.6 Å². The Morgan fingerprint density at radius 1 is 0.880 bits per heavy atom. The average Bonchev–Trinajstić information content (AvgIpc) is 3.16. The van der Waals surface area contributed by atoms with Gasteiger partial charge in [-0.15, -0.1) is 0 Å². The number of halogens is 1. The Morgan fingerprint density at radius 3 is 2.16 bits per heavy atom. The highest BCUT2D eigenvalue weighted by Gasteiger charge is 2.41. The van der Waals surface area contributed by atoms with Crippen LogP contribution in [0.2, 0.25) is 5.02 Å². The zero-order valence-electron chi connectivity index (χ0n) is 14.3. The topological polar surface area (TPSA) is 23.6 Å². The minimum atomic E-state index is 0.242. The van der Waals surface area contributed by atoms with Crippen LogP contribution in [0, 0.1) is 11.8 Å². The molecule has 0 saturated carbocycles. The maximum absolute atomic E-state index is 12.6. The van der Waals surface area contributed by atoms with Gasteiger partial charge < -0.3 is 4.90 Å². The molecule has 4 rings (SSSR count). The van der Waals surface area contributed by atoms with Crippen molar-refractivity contribution in [3.8, 4) is 0 Å². The minimum absolute atomic E-state index is 0.242. The van der Waals surface area contributed by atoms with E-state index in [-0.39, 0.29) is 5.91 Å². The average molecular weight is 355 g/mol. The summed E-state index contributed by atoms with van der Waals surface area (Å²) in [6.07, 6.45) is 0.477. The van der Waals surface area contributed by atoms with E-state index in [1.165, 1.54) is 5.56 Å². The molecular weight excluding hydrogens is 332 g/mol. The van der Waals surface area contributed by atoms with E-state index in [1.54, 1.807) is 0 Å². The molecule has 4 heteroatoms. The summed E-state index contributed by atoms with van der Waals surface area (Å²) >= 11 is 5.91. The van der Waals surface area contributed by atoms with Crippen LogP contribution >= 0.6 is 11.6 Å². The standard InChI is InChI=1S/C21H23ClN2O/c22-20-8-6-16(7-9-20)10-21(25)24-14-18-12-23(13-19(18)15-24)11-17-4-2-1-3-5-17/h1-9,18-19H,10-15H2. The molecule has 2 aliphatic heterocycles. The molecule has 130 valence electrons. The summed E-state index contributed by atoms with van der Waals surface area (Å²) in [5, 5.41) is 0.713. The van der Waals surface area contributed by atoms with E-state index in [2.05, 4.69) is 40.1 Å². The summed E-state index contributed by atoms with van der Waals surface area (Å²) in [5.41, 5.74) is 2.41. The number of benzene rings is 2. The van der Waals surface area contributed by atoms with Crippen LogP contribution in [-0.4, -0.2) is 41.9 Å². The third-order valence-corrected chi connectivity index (χ3v) is 5.68. The summed E-state index contributed by atoms with van der Waals surface area (Å²) in [6.45, 7) is 5.03. The summed E-state index contributed by atoms with van der Waals surface area (Å²) in [6, 6.07) is 18.2. The van der Waals surface area contributed by atoms with Crippen LogP contribution in [0.1, 0.15) is 11.1 Å². The fraction of sp³-hybridized carbons (Fsp3) is 0.381. The van der Waals surface area contributed by atoms with Crippen molar-refractivity contribution < 1.29 is 4.79 Å². The van der Waals surface area contributed by atoms with Crippen LogP contribution in [0.25, 0.3) is 0 Å². The van der Waals surface area contributed by atoms with Gasteiger partial charge in [-0.2, -0.15) is 0 Å². The summed E-state index contributed by atoms with van der Waals surface area (Å²) in [4.78, 5) is 17.2. The predicted molar refractivity (Wildman–Crippen MR) is 100 cm³/mol. The molecule has 2 aliphatic rings. The summed E-state index contributed by atoms with van der Waals surface area (Å²) in [5.74, 6) is 1.49. The molecule has 2 aromatic rings. The van der Waals surface area contributed by atoms with Gasteiger partial charge in [0.15, 0.2) is 0 Å². The minimum Gasteiger partial charge on any atom is -0.342 e. The Labute approximate surface area is 154 Å². The molecule has 0 aromatic heterocycles. The molecule has 25 heavy (non-hydrogen) atoms. The lowest BCUT2D eigenvalue weighted by molar-refractivity contribution is -0.129. The van der Waals surface area contributed by atoms with E-state index in [1.807, 2.05) is 24.3 Å². The molecular formula is C21H23ClN2O. The van der Waals surface area contributed by atoms with Crippen LogP contribution in [0.3, 0.4) is 0 Å². The van der Waals surface area contributed by atoms with Gasteiger partial charge in [-0.25, -0.2) is 0 Å². The number of fused-ring (bicyclic) bond motifs is 1. The second-order valence-corrected chi connectivity index (χ2v) is 7.74. The van der Waals surface area contributed by atoms with Gasteiger partial charge in [0, 0.05) is 37.7 Å². The van der Waals surface area contributed by atoms with E-state index in [9.17, 15) is 4.79 Å². The molecule has 3 nitrogen and oxygen atoms in total. The Morgan fingerprint density at radius 2 is 1.52 bits per heavy atom. The van der Waals surface area contributed by atoms with Crippen molar-refractivity contribution in [1.82, 2.24) is 9.80 Å². The predicted octanol–water partition coefficient (Wildman–Crippen LogP) is 3.47. The first-order valence-electron chi connectivity index (χ1n) is 8.96. The molecule has 0 aliphatic carbocycles. The van der Waals surface area contributed by atoms with E-state index in [0.717, 1.165) is 38.3 Å². The molecule has 0 N–H and O–H groups in total. The fourth-order valence-corrected chi connectivity index (χ4v) is 4.28. The van der Waals surface area contributed by atoms with Gasteiger partial charge in [0.05, 0.1) is 6.42 Å². The van der Waals surface area contributed by atoms with Crippen molar-refractivity contribution in [2.75, 3.05) is 26.2 Å². The third-order valence-electron chi connectivity index (χ3n) is 5.43. The molecule has 2 fully saturated rings. The van der Waals surface area contributed by atoms with Crippen LogP contribution in [0.4, 0.5) is 0 Å². The summed E-state index contributed by atoms with van der Waals surface area (Å²) < 4.78 is 0. The van der Waals surface area contributed by atoms with Crippen molar-refractivity contribution in [1.29, 1.82) is 0 Å². The lowest BCUT2D eigenvalue weighted by atomic mass is 10.0. The van der Waals surface area contributed by atoms with Crippen molar-refractivity contribution in [3.05, 3.63) is 70.7 Å². The van der Waals surface area contributed by atoms with Crippen molar-refractivity contribution in [3.63, 3.8) is 0 Å². The quantitative estimate of drug-likeness (QED) is 0.839. The van der Waals surface area contributed by atoms with Gasteiger partial charge in [0.2, 0.25) is 5.91 Å². The molecule has 2 atom stereocenters. The van der Waals surface area contributed by atoms with Crippen LogP contribution in [-0.2, 0) is 17.8 Å². The van der Waals surface area contributed by atoms with Gasteiger partial charge in [-0.3, -0.25) is 9.69 Å². The van der Waals surface area contributed by atoms with Crippen molar-refractivity contribution >= 4 is 17.5 Å². The Balaban J connectivity index is 1.30. The number of amides is 1. The molecule has 0 bridgehead atoms. The van der Waals surface area contributed by atoms with Crippen molar-refractivity contribution in [2.24, 2.45) is 11.8 Å². The summed E-state index contributed by atoms with van der Waals surface area (Å²) in [7, 11) is 0. The third kappa shape index (κ3) is 3.88. The molecule has 2 heterocycles. The fourth-order valence-electron chi connectivity index (χ4n) is 4.15. The van der Waals surface area contributed by atoms with Gasteiger partial charge in [-0.1, -0.05) is 54.1 Å². The Bertz CT molecular complexity index is 717. The van der Waals surface area contributed by atoms with Crippen LogP contribution < -0.4 is 0 Å². The van der Waals surface area contributed by atoms with Crippen LogP contribution in [0.5, 0.6) is 0 Å². The Hall–Kier alpha value is -1.84. The zero-order chi connectivity index (χ0) is 17.2. The Kier molecular flexibility index (Phi) is 4.78. The highest BCUT2D eigenvalue weighted by atomic mass is 35.5. The normalized spacial score (nSPS) is 23.0. The first-order valence-corrected chi connectivity index (χ1v) is 9.33. The highest BCUT2D eigenvalue weighted by molar-refractivity contribution is 6.30. The van der Waals surface area contributed by atoms with E-state index in [0.29, 0.717) is 23.3 Å². The van der Waals surface area contributed by atoms with Gasteiger partial charge in [0.1, 0.15) is 0 Å². The highest BCUT2D eigenvalue weighted by Crippen LogP contribution is 2.32. The molecule has 2 saturated heterocycles. The molecule has 2 unspecified atom stereocenters. The monoisotopic (exact) mass is 354 g/mol. The SMILES string of the molecule is O=C(Cc1ccc(Cl)cc1)N1CC2CN(Cc3ccccc3)CC2C1. The number of likely N-dealkylation sites (tertiary alicyclic amines) is 2. The number of hydrogen-bond acceptors (Lipinski definition) is 2. The number of carbonyl (C=O) groups excluding carboxylic acids is 1. The van der Waals surface area contributed by atoms with E-state index < -0.39 is 0 Å². The maximum Gasteiger partial charge on any atom is 0.227 e. The zero-order valence-corrected chi connectivity index (χ0v) is 15.0.